The molecule has 4 rings (SSSR count). The van der Waals surface area contributed by atoms with Crippen molar-refractivity contribution in [2.45, 2.75) is 32.4 Å². The fourth-order valence-electron chi connectivity index (χ4n) is 3.91. The van der Waals surface area contributed by atoms with E-state index in [9.17, 15) is 13.2 Å². The van der Waals surface area contributed by atoms with Gasteiger partial charge in [-0.15, -0.1) is 0 Å². The van der Waals surface area contributed by atoms with Crippen molar-refractivity contribution in [3.8, 4) is 0 Å². The van der Waals surface area contributed by atoms with Gasteiger partial charge in [0.2, 0.25) is 0 Å². The van der Waals surface area contributed by atoms with E-state index >= 15 is 0 Å². The van der Waals surface area contributed by atoms with Gasteiger partial charge in [0.1, 0.15) is 0 Å². The molecule has 3 heterocycles. The third-order valence-corrected chi connectivity index (χ3v) is 7.79. The Bertz CT molecular complexity index is 987. The molecule has 154 valence electrons. The lowest BCUT2D eigenvalue weighted by atomic mass is 10.2. The largest absolute Gasteiger partial charge is 0.421 e. The quantitative estimate of drug-likeness (QED) is 0.743. The van der Waals surface area contributed by atoms with Crippen LogP contribution in [0.2, 0.25) is 5.02 Å². The number of nitrogens with zero attached hydrogens (tertiary/aromatic N) is 4. The maximum atomic E-state index is 12.9. The molecule has 10 heteroatoms. The average Bonchev–Trinajstić information content (AvgIpc) is 2.86. The van der Waals surface area contributed by atoms with Gasteiger partial charge in [-0.25, -0.2) is 4.79 Å². The van der Waals surface area contributed by atoms with Gasteiger partial charge in [-0.1, -0.05) is 24.4 Å². The van der Waals surface area contributed by atoms with E-state index in [4.69, 9.17) is 16.0 Å². The molecule has 2 fully saturated rings. The topological polar surface area (TPSA) is 79.0 Å². The van der Waals surface area contributed by atoms with Crippen LogP contribution in [-0.4, -0.2) is 65.8 Å². The molecule has 1 aromatic carbocycles. The van der Waals surface area contributed by atoms with Crippen molar-refractivity contribution in [1.29, 1.82) is 0 Å². The van der Waals surface area contributed by atoms with Crippen molar-refractivity contribution in [2.75, 3.05) is 39.3 Å². The fourth-order valence-corrected chi connectivity index (χ4v) is 5.74. The number of benzene rings is 1. The van der Waals surface area contributed by atoms with Crippen molar-refractivity contribution in [3.05, 3.63) is 33.8 Å². The SMILES string of the molecule is O=c1oc2cc(Cl)ccc2n1CN1CCN(S(=O)(=O)N2CCCCCC2)CC1. The van der Waals surface area contributed by atoms with Crippen LogP contribution in [0.5, 0.6) is 0 Å². The lowest BCUT2D eigenvalue weighted by Gasteiger charge is -2.36. The Balaban J connectivity index is 1.42. The highest BCUT2D eigenvalue weighted by Gasteiger charge is 2.32. The summed E-state index contributed by atoms with van der Waals surface area (Å²) in [5.74, 6) is -0.433. The van der Waals surface area contributed by atoms with Crippen LogP contribution in [0.25, 0.3) is 11.1 Å². The van der Waals surface area contributed by atoms with E-state index in [0.29, 0.717) is 62.1 Å². The van der Waals surface area contributed by atoms with E-state index in [1.54, 1.807) is 31.4 Å². The average molecular weight is 429 g/mol. The number of piperazine rings is 1. The first-order chi connectivity index (χ1) is 13.4. The van der Waals surface area contributed by atoms with Crippen LogP contribution in [0, 0.1) is 0 Å². The molecule has 0 saturated carbocycles. The second kappa shape index (κ2) is 8.16. The van der Waals surface area contributed by atoms with Gasteiger partial charge in [0.05, 0.1) is 12.2 Å². The molecule has 2 saturated heterocycles. The molecule has 0 spiro atoms. The molecule has 0 radical (unpaired) electrons. The van der Waals surface area contributed by atoms with Gasteiger partial charge in [-0.05, 0) is 25.0 Å². The van der Waals surface area contributed by atoms with E-state index in [-0.39, 0.29) is 0 Å². The zero-order valence-electron chi connectivity index (χ0n) is 15.7. The van der Waals surface area contributed by atoms with Crippen molar-refractivity contribution in [1.82, 2.24) is 18.1 Å². The highest BCUT2D eigenvalue weighted by atomic mass is 35.5. The van der Waals surface area contributed by atoms with Crippen molar-refractivity contribution in [2.24, 2.45) is 0 Å². The summed E-state index contributed by atoms with van der Waals surface area (Å²) in [5.41, 5.74) is 1.15. The number of oxazole rings is 1. The molecule has 0 aliphatic carbocycles. The molecule has 8 nitrogen and oxygen atoms in total. The predicted octanol–water partition coefficient (Wildman–Crippen LogP) is 1.94. The van der Waals surface area contributed by atoms with Crippen LogP contribution >= 0.6 is 11.6 Å². The summed E-state index contributed by atoms with van der Waals surface area (Å²) in [6, 6.07) is 5.12. The predicted molar refractivity (Wildman–Crippen MR) is 108 cm³/mol. The number of hydrogen-bond acceptors (Lipinski definition) is 5. The zero-order valence-corrected chi connectivity index (χ0v) is 17.3. The van der Waals surface area contributed by atoms with Crippen LogP contribution in [0.3, 0.4) is 0 Å². The number of halogens is 1. The monoisotopic (exact) mass is 428 g/mol. The highest BCUT2D eigenvalue weighted by molar-refractivity contribution is 7.86. The minimum absolute atomic E-state index is 0.366. The number of aromatic nitrogens is 1. The van der Waals surface area contributed by atoms with E-state index in [0.717, 1.165) is 25.7 Å². The minimum atomic E-state index is -3.40. The van der Waals surface area contributed by atoms with Gasteiger partial charge >= 0.3 is 5.76 Å². The normalized spacial score (nSPS) is 21.2. The molecule has 0 bridgehead atoms. The number of hydrogen-bond donors (Lipinski definition) is 0. The summed E-state index contributed by atoms with van der Waals surface area (Å²) in [6.07, 6.45) is 4.05. The molecule has 1 aromatic heterocycles. The van der Waals surface area contributed by atoms with Crippen molar-refractivity contribution in [3.63, 3.8) is 0 Å². The fraction of sp³-hybridized carbons (Fsp3) is 0.611. The zero-order chi connectivity index (χ0) is 19.7. The molecule has 0 amide bonds. The Hall–Kier alpha value is -1.39. The second-order valence-electron chi connectivity index (χ2n) is 7.39. The van der Waals surface area contributed by atoms with Crippen LogP contribution < -0.4 is 5.76 Å². The number of rotatable bonds is 4. The van der Waals surface area contributed by atoms with Gasteiger partial charge in [0.25, 0.3) is 10.2 Å². The maximum absolute atomic E-state index is 12.9. The Kier molecular flexibility index (Phi) is 5.80. The van der Waals surface area contributed by atoms with Gasteiger partial charge in [0.15, 0.2) is 5.58 Å². The van der Waals surface area contributed by atoms with Crippen LogP contribution in [0.4, 0.5) is 0 Å². The lowest BCUT2D eigenvalue weighted by Crippen LogP contribution is -2.53. The first-order valence-electron chi connectivity index (χ1n) is 9.71. The maximum Gasteiger partial charge on any atom is 0.421 e. The van der Waals surface area contributed by atoms with Crippen LogP contribution in [0.15, 0.2) is 27.4 Å². The summed E-state index contributed by atoms with van der Waals surface area (Å²) in [6.45, 7) is 3.58. The molecular formula is C18H25ClN4O4S. The Morgan fingerprint density at radius 2 is 1.57 bits per heavy atom. The first-order valence-corrected chi connectivity index (χ1v) is 11.5. The summed E-state index contributed by atoms with van der Waals surface area (Å²) in [7, 11) is -3.40. The van der Waals surface area contributed by atoms with E-state index < -0.39 is 16.0 Å². The molecule has 2 aliphatic heterocycles. The Labute approximate surface area is 169 Å². The molecule has 0 unspecified atom stereocenters. The molecule has 28 heavy (non-hydrogen) atoms. The van der Waals surface area contributed by atoms with E-state index in [1.807, 2.05) is 0 Å². The van der Waals surface area contributed by atoms with E-state index in [2.05, 4.69) is 4.90 Å². The standard InChI is InChI=1S/C18H25ClN4O4S/c19-15-5-6-16-17(13-15)27-18(24)23(16)14-20-9-11-22(12-10-20)28(25,26)21-7-3-1-2-4-8-21/h5-6,13H,1-4,7-12,14H2. The lowest BCUT2D eigenvalue weighted by molar-refractivity contribution is 0.145. The highest BCUT2D eigenvalue weighted by Crippen LogP contribution is 2.20. The molecular weight excluding hydrogens is 404 g/mol. The summed E-state index contributed by atoms with van der Waals surface area (Å²) in [4.78, 5) is 14.3. The Morgan fingerprint density at radius 1 is 0.929 bits per heavy atom. The van der Waals surface area contributed by atoms with Crippen molar-refractivity contribution >= 4 is 32.9 Å². The van der Waals surface area contributed by atoms with Crippen LogP contribution in [0.1, 0.15) is 25.7 Å². The third-order valence-electron chi connectivity index (χ3n) is 5.52. The minimum Gasteiger partial charge on any atom is -0.408 e. The van der Waals surface area contributed by atoms with Gasteiger partial charge in [0, 0.05) is 50.4 Å². The number of fused-ring (bicyclic) bond motifs is 1. The second-order valence-corrected chi connectivity index (χ2v) is 9.75. The third kappa shape index (κ3) is 3.99. The molecule has 2 aromatic rings. The summed E-state index contributed by atoms with van der Waals surface area (Å²) >= 11 is 5.96. The molecule has 0 atom stereocenters. The first kappa shape index (κ1) is 19.9. The molecule has 0 N–H and O–H groups in total. The summed E-state index contributed by atoms with van der Waals surface area (Å²) < 4.78 is 35.9. The van der Waals surface area contributed by atoms with Crippen LogP contribution in [-0.2, 0) is 16.9 Å². The molecule has 2 aliphatic rings. The van der Waals surface area contributed by atoms with Gasteiger partial charge in [-0.2, -0.15) is 17.0 Å². The summed E-state index contributed by atoms with van der Waals surface area (Å²) in [5, 5.41) is 0.515. The van der Waals surface area contributed by atoms with Gasteiger partial charge < -0.3 is 4.42 Å². The van der Waals surface area contributed by atoms with Crippen molar-refractivity contribution < 1.29 is 12.8 Å². The van der Waals surface area contributed by atoms with E-state index in [1.165, 1.54) is 0 Å². The Morgan fingerprint density at radius 3 is 2.25 bits per heavy atom. The smallest absolute Gasteiger partial charge is 0.408 e. The van der Waals surface area contributed by atoms with Gasteiger partial charge in [-0.3, -0.25) is 9.47 Å².